The number of benzene rings is 1. The molecule has 0 atom stereocenters. The predicted octanol–water partition coefficient (Wildman–Crippen LogP) is 2.92. The van der Waals surface area contributed by atoms with Gasteiger partial charge < -0.3 is 9.84 Å². The molecule has 1 aromatic carbocycles. The van der Waals surface area contributed by atoms with Crippen LogP contribution in [-0.4, -0.2) is 18.2 Å². The quantitative estimate of drug-likeness (QED) is 0.901. The van der Waals surface area contributed by atoms with E-state index in [2.05, 4.69) is 0 Å². The number of rotatable bonds is 4. The third kappa shape index (κ3) is 1.94. The molecule has 3 nitrogen and oxygen atoms in total. The van der Waals surface area contributed by atoms with Gasteiger partial charge in [0.05, 0.1) is 12.5 Å². The Bertz CT molecular complexity index is 487. The van der Waals surface area contributed by atoms with Gasteiger partial charge in [0.2, 0.25) is 0 Å². The lowest BCUT2D eigenvalue weighted by atomic mass is 9.92. The number of ether oxygens (including phenoxy) is 1. The maximum atomic E-state index is 13.3. The predicted molar refractivity (Wildman–Crippen MR) is 61.1 cm³/mol. The first kappa shape index (κ1) is 12.8. The fraction of sp³-hybridized carbons (Fsp3) is 0.462. The summed E-state index contributed by atoms with van der Waals surface area (Å²) in [5, 5.41) is 9.23. The molecule has 0 bridgehead atoms. The van der Waals surface area contributed by atoms with E-state index in [4.69, 9.17) is 4.74 Å². The summed E-state index contributed by atoms with van der Waals surface area (Å²) < 4.78 is 31.7. The molecule has 0 aliphatic heterocycles. The lowest BCUT2D eigenvalue weighted by Crippen LogP contribution is -2.21. The molecule has 1 aliphatic rings. The number of carboxylic acids is 1. The molecule has 0 aromatic heterocycles. The van der Waals surface area contributed by atoms with Crippen molar-refractivity contribution in [1.29, 1.82) is 0 Å². The van der Waals surface area contributed by atoms with E-state index in [-0.39, 0.29) is 5.56 Å². The molecule has 1 saturated carbocycles. The number of carboxylic acid groups (broad SMARTS) is 1. The van der Waals surface area contributed by atoms with Crippen LogP contribution in [0.2, 0.25) is 0 Å². The van der Waals surface area contributed by atoms with Gasteiger partial charge in [0.15, 0.2) is 0 Å². The molecule has 1 aromatic rings. The summed E-state index contributed by atoms with van der Waals surface area (Å²) in [5.74, 6) is -3.63. The number of methoxy groups -OCH3 is 1. The molecule has 98 valence electrons. The van der Waals surface area contributed by atoms with Gasteiger partial charge in [0, 0.05) is 18.1 Å². The van der Waals surface area contributed by atoms with Gasteiger partial charge >= 0.3 is 5.97 Å². The Labute approximate surface area is 103 Å². The van der Waals surface area contributed by atoms with E-state index in [0.717, 1.165) is 6.92 Å². The van der Waals surface area contributed by atoms with E-state index < -0.39 is 17.3 Å². The van der Waals surface area contributed by atoms with Crippen LogP contribution < -0.4 is 4.74 Å². The molecule has 0 amide bonds. The summed E-state index contributed by atoms with van der Waals surface area (Å²) in [6.07, 6.45) is 0.912. The highest BCUT2D eigenvalue weighted by Gasteiger charge is 2.53. The first-order valence-electron chi connectivity index (χ1n) is 5.61. The molecular weight excluding hydrogens is 242 g/mol. The van der Waals surface area contributed by atoms with Crippen LogP contribution >= 0.6 is 0 Å². The minimum absolute atomic E-state index is 0.189. The number of aliphatic carboxylic acids is 1. The normalized spacial score (nSPS) is 17.3. The monoisotopic (exact) mass is 256 g/mol. The van der Waals surface area contributed by atoms with E-state index in [1.54, 1.807) is 0 Å². The number of hydrogen-bond acceptors (Lipinski definition) is 2. The highest BCUT2D eigenvalue weighted by molar-refractivity contribution is 5.86. The maximum absolute atomic E-state index is 13.3. The number of carbonyl (C=O) groups is 1. The largest absolute Gasteiger partial charge is 0.496 e. The van der Waals surface area contributed by atoms with E-state index >= 15 is 0 Å². The van der Waals surface area contributed by atoms with Crippen molar-refractivity contribution < 1.29 is 23.4 Å². The molecule has 1 N–H and O–H groups in total. The fourth-order valence-electron chi connectivity index (χ4n) is 2.08. The van der Waals surface area contributed by atoms with Gasteiger partial charge in [-0.05, 0) is 31.0 Å². The number of alkyl halides is 2. The Morgan fingerprint density at radius 2 is 2.06 bits per heavy atom. The average Bonchev–Trinajstić information content (AvgIpc) is 3.08. The SMILES string of the molecule is COc1ccc(C(C)(F)F)cc1C1(C(=O)O)CC1. The van der Waals surface area contributed by atoms with Gasteiger partial charge in [0.25, 0.3) is 5.92 Å². The average molecular weight is 256 g/mol. The Balaban J connectivity index is 2.54. The van der Waals surface area contributed by atoms with Crippen molar-refractivity contribution in [3.63, 3.8) is 0 Å². The van der Waals surface area contributed by atoms with Crippen molar-refractivity contribution in [2.24, 2.45) is 0 Å². The summed E-state index contributed by atoms with van der Waals surface area (Å²) in [5.41, 5.74) is -0.894. The summed E-state index contributed by atoms with van der Waals surface area (Å²) in [7, 11) is 1.40. The van der Waals surface area contributed by atoms with Crippen LogP contribution in [0.5, 0.6) is 5.75 Å². The number of hydrogen-bond donors (Lipinski definition) is 1. The van der Waals surface area contributed by atoms with Crippen molar-refractivity contribution in [2.45, 2.75) is 31.1 Å². The summed E-state index contributed by atoms with van der Waals surface area (Å²) in [6.45, 7) is 0.791. The molecule has 0 unspecified atom stereocenters. The fourth-order valence-corrected chi connectivity index (χ4v) is 2.08. The van der Waals surface area contributed by atoms with Crippen LogP contribution in [0.15, 0.2) is 18.2 Å². The van der Waals surface area contributed by atoms with E-state index in [0.29, 0.717) is 24.2 Å². The zero-order valence-electron chi connectivity index (χ0n) is 10.2. The van der Waals surface area contributed by atoms with Crippen LogP contribution in [0.25, 0.3) is 0 Å². The van der Waals surface area contributed by atoms with Gasteiger partial charge in [-0.1, -0.05) is 0 Å². The summed E-state index contributed by atoms with van der Waals surface area (Å²) >= 11 is 0. The van der Waals surface area contributed by atoms with Crippen molar-refractivity contribution in [3.05, 3.63) is 29.3 Å². The van der Waals surface area contributed by atoms with Crippen molar-refractivity contribution >= 4 is 5.97 Å². The third-order valence-corrected chi connectivity index (χ3v) is 3.38. The Hall–Kier alpha value is -1.65. The summed E-state index contributed by atoms with van der Waals surface area (Å²) in [4.78, 5) is 11.3. The molecule has 0 radical (unpaired) electrons. The van der Waals surface area contributed by atoms with Crippen molar-refractivity contribution in [2.75, 3.05) is 7.11 Å². The summed E-state index contributed by atoms with van der Waals surface area (Å²) in [6, 6.07) is 3.92. The van der Waals surface area contributed by atoms with Crippen LogP contribution in [0.1, 0.15) is 30.9 Å². The standard InChI is InChI=1S/C13H14F2O3/c1-12(14,15)8-3-4-10(18-2)9(7-8)13(5-6-13)11(16)17/h3-4,7H,5-6H2,1-2H3,(H,16,17). The molecule has 0 heterocycles. The second kappa shape index (κ2) is 3.93. The second-order valence-corrected chi connectivity index (χ2v) is 4.69. The Morgan fingerprint density at radius 1 is 1.44 bits per heavy atom. The van der Waals surface area contributed by atoms with Crippen LogP contribution in [-0.2, 0) is 16.1 Å². The van der Waals surface area contributed by atoms with Crippen LogP contribution in [0, 0.1) is 0 Å². The highest BCUT2D eigenvalue weighted by atomic mass is 19.3. The molecule has 18 heavy (non-hydrogen) atoms. The molecule has 0 saturated heterocycles. The van der Waals surface area contributed by atoms with Crippen LogP contribution in [0.4, 0.5) is 8.78 Å². The van der Waals surface area contributed by atoms with Gasteiger partial charge in [-0.15, -0.1) is 0 Å². The lowest BCUT2D eigenvalue weighted by molar-refractivity contribution is -0.140. The minimum Gasteiger partial charge on any atom is -0.496 e. The van der Waals surface area contributed by atoms with Crippen molar-refractivity contribution in [1.82, 2.24) is 0 Å². The van der Waals surface area contributed by atoms with Gasteiger partial charge in [-0.3, -0.25) is 4.79 Å². The molecule has 1 fully saturated rings. The molecule has 2 rings (SSSR count). The smallest absolute Gasteiger partial charge is 0.314 e. The highest BCUT2D eigenvalue weighted by Crippen LogP contribution is 2.52. The Kier molecular flexibility index (Phi) is 2.80. The van der Waals surface area contributed by atoms with E-state index in [1.807, 2.05) is 0 Å². The van der Waals surface area contributed by atoms with Gasteiger partial charge in [-0.25, -0.2) is 8.78 Å². The van der Waals surface area contributed by atoms with Gasteiger partial charge in [-0.2, -0.15) is 0 Å². The Morgan fingerprint density at radius 3 is 2.44 bits per heavy atom. The van der Waals surface area contributed by atoms with Gasteiger partial charge in [0.1, 0.15) is 5.75 Å². The van der Waals surface area contributed by atoms with Crippen molar-refractivity contribution in [3.8, 4) is 5.75 Å². The second-order valence-electron chi connectivity index (χ2n) is 4.69. The maximum Gasteiger partial charge on any atom is 0.314 e. The molecule has 1 aliphatic carbocycles. The first-order valence-corrected chi connectivity index (χ1v) is 5.61. The van der Waals surface area contributed by atoms with E-state index in [1.165, 1.54) is 25.3 Å². The molecule has 0 spiro atoms. The van der Waals surface area contributed by atoms with E-state index in [9.17, 15) is 18.7 Å². The zero-order chi connectivity index (χ0) is 13.6. The van der Waals surface area contributed by atoms with Crippen LogP contribution in [0.3, 0.4) is 0 Å². The molecular formula is C13H14F2O3. The molecule has 5 heteroatoms. The topological polar surface area (TPSA) is 46.5 Å². The lowest BCUT2D eigenvalue weighted by Gasteiger charge is -2.18. The zero-order valence-corrected chi connectivity index (χ0v) is 10.2. The number of halogens is 2. The first-order chi connectivity index (χ1) is 8.31. The third-order valence-electron chi connectivity index (χ3n) is 3.38. The minimum atomic E-state index is -2.99.